The van der Waals surface area contributed by atoms with Gasteiger partial charge in [-0.15, -0.1) is 0 Å². The quantitative estimate of drug-likeness (QED) is 0.858. The summed E-state index contributed by atoms with van der Waals surface area (Å²) in [6.07, 6.45) is 3.67. The first-order valence-electron chi connectivity index (χ1n) is 9.69. The van der Waals surface area contributed by atoms with Gasteiger partial charge in [-0.2, -0.15) is 0 Å². The Labute approximate surface area is 151 Å². The van der Waals surface area contributed by atoms with E-state index in [9.17, 15) is 9.90 Å². The topological polar surface area (TPSA) is 55.8 Å². The molecule has 0 radical (unpaired) electrons. The molecule has 2 unspecified atom stereocenters. The van der Waals surface area contributed by atoms with E-state index in [1.807, 2.05) is 12.1 Å². The van der Waals surface area contributed by atoms with Crippen LogP contribution in [0.3, 0.4) is 0 Å². The molecule has 1 heterocycles. The maximum absolute atomic E-state index is 12.3. The number of anilines is 1. The molecular weight excluding hydrogens is 314 g/mol. The largest absolute Gasteiger partial charge is 0.393 e. The van der Waals surface area contributed by atoms with Crippen LogP contribution >= 0.6 is 0 Å². The Hall–Kier alpha value is -1.59. The summed E-state index contributed by atoms with van der Waals surface area (Å²) in [7, 11) is 0. The summed E-state index contributed by atoms with van der Waals surface area (Å²) in [4.78, 5) is 17.2. The molecule has 2 N–H and O–H groups in total. The van der Waals surface area contributed by atoms with Crippen LogP contribution in [-0.4, -0.2) is 61.3 Å². The summed E-state index contributed by atoms with van der Waals surface area (Å²) >= 11 is 0. The van der Waals surface area contributed by atoms with Crippen LogP contribution in [-0.2, 0) is 0 Å². The third-order valence-electron chi connectivity index (χ3n) is 5.62. The first-order valence-corrected chi connectivity index (χ1v) is 9.69. The molecule has 0 bridgehead atoms. The zero-order valence-corrected chi connectivity index (χ0v) is 15.3. The van der Waals surface area contributed by atoms with Gasteiger partial charge in [0.2, 0.25) is 0 Å². The van der Waals surface area contributed by atoms with Gasteiger partial charge in [-0.05, 0) is 56.0 Å². The minimum absolute atomic E-state index is 0.0117. The van der Waals surface area contributed by atoms with E-state index in [2.05, 4.69) is 34.2 Å². The second kappa shape index (κ2) is 8.68. The van der Waals surface area contributed by atoms with E-state index in [0.29, 0.717) is 18.0 Å². The van der Waals surface area contributed by atoms with Gasteiger partial charge in [-0.1, -0.05) is 13.3 Å². The van der Waals surface area contributed by atoms with Gasteiger partial charge in [-0.25, -0.2) is 0 Å². The normalized spacial score (nSPS) is 25.0. The summed E-state index contributed by atoms with van der Waals surface area (Å²) in [6, 6.07) is 7.96. The highest BCUT2D eigenvalue weighted by Gasteiger charge is 2.21. The highest BCUT2D eigenvalue weighted by Crippen LogP contribution is 2.23. The SMILES string of the molecule is CCN1CCN(c2ccc(C(=O)NCC3CCCC(O)C3)cc2)CC1. The van der Waals surface area contributed by atoms with E-state index in [0.717, 1.165) is 58.4 Å². The standard InChI is InChI=1S/C20H31N3O2/c1-2-22-10-12-23(13-11-22)18-8-6-17(7-9-18)20(25)21-15-16-4-3-5-19(24)14-16/h6-9,16,19,24H,2-5,10-15H2,1H3,(H,21,25). The lowest BCUT2D eigenvalue weighted by Gasteiger charge is -2.35. The van der Waals surface area contributed by atoms with Crippen molar-refractivity contribution in [2.45, 2.75) is 38.7 Å². The number of hydrogen-bond donors (Lipinski definition) is 2. The Bertz CT molecular complexity index is 553. The van der Waals surface area contributed by atoms with Crippen molar-refractivity contribution in [2.75, 3.05) is 44.2 Å². The van der Waals surface area contributed by atoms with Crippen molar-refractivity contribution in [3.05, 3.63) is 29.8 Å². The van der Waals surface area contributed by atoms with Gasteiger partial charge in [0.05, 0.1) is 6.10 Å². The maximum Gasteiger partial charge on any atom is 0.251 e. The third kappa shape index (κ3) is 4.95. The summed E-state index contributed by atoms with van der Waals surface area (Å²) in [5, 5.41) is 12.8. The maximum atomic E-state index is 12.3. The van der Waals surface area contributed by atoms with Crippen LogP contribution in [0.1, 0.15) is 43.0 Å². The number of carbonyl (C=O) groups excluding carboxylic acids is 1. The fourth-order valence-corrected chi connectivity index (χ4v) is 3.93. The number of amides is 1. The highest BCUT2D eigenvalue weighted by atomic mass is 16.3. The van der Waals surface area contributed by atoms with Crippen molar-refractivity contribution in [1.29, 1.82) is 0 Å². The molecule has 25 heavy (non-hydrogen) atoms. The lowest BCUT2D eigenvalue weighted by molar-refractivity contribution is 0.0874. The Morgan fingerprint density at radius 1 is 1.16 bits per heavy atom. The van der Waals surface area contributed by atoms with Gasteiger partial charge in [0.25, 0.3) is 5.91 Å². The first kappa shape index (κ1) is 18.2. The number of rotatable bonds is 5. The molecule has 1 aromatic rings. The van der Waals surface area contributed by atoms with Gasteiger partial charge in [0.1, 0.15) is 0 Å². The minimum Gasteiger partial charge on any atom is -0.393 e. The number of hydrogen-bond acceptors (Lipinski definition) is 4. The molecule has 1 saturated heterocycles. The number of nitrogens with one attached hydrogen (secondary N) is 1. The molecule has 3 rings (SSSR count). The zero-order valence-electron chi connectivity index (χ0n) is 15.3. The van der Waals surface area contributed by atoms with Gasteiger partial charge >= 0.3 is 0 Å². The molecule has 2 atom stereocenters. The van der Waals surface area contributed by atoms with Gasteiger partial charge in [0, 0.05) is 44.0 Å². The van der Waals surface area contributed by atoms with Crippen molar-refractivity contribution < 1.29 is 9.90 Å². The number of aliphatic hydroxyl groups is 1. The predicted molar refractivity (Wildman–Crippen MR) is 101 cm³/mol. The Balaban J connectivity index is 1.49. The smallest absolute Gasteiger partial charge is 0.251 e. The second-order valence-corrected chi connectivity index (χ2v) is 7.36. The van der Waals surface area contributed by atoms with E-state index in [1.165, 1.54) is 5.69 Å². The fraction of sp³-hybridized carbons (Fsp3) is 0.650. The number of aliphatic hydroxyl groups excluding tert-OH is 1. The molecule has 138 valence electrons. The molecule has 2 fully saturated rings. The Morgan fingerprint density at radius 3 is 2.52 bits per heavy atom. The number of carbonyl (C=O) groups is 1. The summed E-state index contributed by atoms with van der Waals surface area (Å²) in [5.41, 5.74) is 1.91. The van der Waals surface area contributed by atoms with Gasteiger partial charge in [0.15, 0.2) is 0 Å². The van der Waals surface area contributed by atoms with Crippen LogP contribution in [0.5, 0.6) is 0 Å². The number of nitrogens with zero attached hydrogens (tertiary/aromatic N) is 2. The molecule has 1 amide bonds. The lowest BCUT2D eigenvalue weighted by atomic mass is 9.87. The first-order chi connectivity index (χ1) is 12.2. The molecule has 0 spiro atoms. The van der Waals surface area contributed by atoms with E-state index < -0.39 is 0 Å². The van der Waals surface area contributed by atoms with Crippen molar-refractivity contribution in [3.63, 3.8) is 0 Å². The third-order valence-corrected chi connectivity index (χ3v) is 5.62. The molecule has 1 aliphatic heterocycles. The Morgan fingerprint density at radius 2 is 1.88 bits per heavy atom. The average molecular weight is 345 g/mol. The number of piperazine rings is 1. The van der Waals surface area contributed by atoms with Crippen LogP contribution in [0.15, 0.2) is 24.3 Å². The molecule has 0 aromatic heterocycles. The van der Waals surface area contributed by atoms with Crippen LogP contribution in [0.4, 0.5) is 5.69 Å². The van der Waals surface area contributed by atoms with E-state index in [-0.39, 0.29) is 12.0 Å². The minimum atomic E-state index is -0.192. The van der Waals surface area contributed by atoms with Crippen molar-refractivity contribution in [3.8, 4) is 0 Å². The molecule has 1 saturated carbocycles. The summed E-state index contributed by atoms with van der Waals surface area (Å²) in [6.45, 7) is 8.28. The molecular formula is C20H31N3O2. The predicted octanol–water partition coefficient (Wildman–Crippen LogP) is 2.11. The lowest BCUT2D eigenvalue weighted by Crippen LogP contribution is -2.46. The summed E-state index contributed by atoms with van der Waals surface area (Å²) < 4.78 is 0. The molecule has 5 heteroatoms. The van der Waals surface area contributed by atoms with E-state index in [1.54, 1.807) is 0 Å². The van der Waals surface area contributed by atoms with E-state index in [4.69, 9.17) is 0 Å². The van der Waals surface area contributed by atoms with Crippen LogP contribution < -0.4 is 10.2 Å². The van der Waals surface area contributed by atoms with Gasteiger partial charge in [-0.3, -0.25) is 4.79 Å². The molecule has 1 aliphatic carbocycles. The molecule has 5 nitrogen and oxygen atoms in total. The molecule has 1 aromatic carbocycles. The van der Waals surface area contributed by atoms with Crippen molar-refractivity contribution in [2.24, 2.45) is 5.92 Å². The van der Waals surface area contributed by atoms with E-state index >= 15 is 0 Å². The average Bonchev–Trinajstić information content (AvgIpc) is 2.66. The van der Waals surface area contributed by atoms with Gasteiger partial charge < -0.3 is 20.2 Å². The summed E-state index contributed by atoms with van der Waals surface area (Å²) in [5.74, 6) is 0.393. The van der Waals surface area contributed by atoms with Crippen LogP contribution in [0.25, 0.3) is 0 Å². The molecule has 2 aliphatic rings. The fourth-order valence-electron chi connectivity index (χ4n) is 3.93. The highest BCUT2D eigenvalue weighted by molar-refractivity contribution is 5.94. The Kier molecular flexibility index (Phi) is 6.32. The van der Waals surface area contributed by atoms with Crippen molar-refractivity contribution >= 4 is 11.6 Å². The zero-order chi connectivity index (χ0) is 17.6. The monoisotopic (exact) mass is 345 g/mol. The number of benzene rings is 1. The number of likely N-dealkylation sites (N-methyl/N-ethyl adjacent to an activating group) is 1. The second-order valence-electron chi connectivity index (χ2n) is 7.36. The van der Waals surface area contributed by atoms with Crippen LogP contribution in [0.2, 0.25) is 0 Å². The van der Waals surface area contributed by atoms with Crippen molar-refractivity contribution in [1.82, 2.24) is 10.2 Å². The van der Waals surface area contributed by atoms with Crippen LogP contribution in [0, 0.1) is 5.92 Å².